The fraction of sp³-hybridized carbons (Fsp3) is 0.571. The van der Waals surface area contributed by atoms with E-state index < -0.39 is 20.4 Å². The topological polar surface area (TPSA) is 67.8 Å². The molecule has 1 aliphatic heterocycles. The fourth-order valence-electron chi connectivity index (χ4n) is 7.72. The van der Waals surface area contributed by atoms with Gasteiger partial charge in [-0.2, -0.15) is 0 Å². The van der Waals surface area contributed by atoms with Gasteiger partial charge in [0.05, 0.1) is 18.3 Å². The molecule has 2 aromatic carbocycles. The number of benzene rings is 2. The van der Waals surface area contributed by atoms with E-state index in [2.05, 4.69) is 100 Å². The first-order valence-electron chi connectivity index (χ1n) is 15.6. The lowest BCUT2D eigenvalue weighted by Crippen LogP contribution is -2.67. The minimum absolute atomic E-state index is 0.0438. The predicted octanol–water partition coefficient (Wildman–Crippen LogP) is 5.75. The zero-order chi connectivity index (χ0) is 29.7. The molecule has 6 heteroatoms. The number of carbonyl (C=O) groups is 1. The van der Waals surface area contributed by atoms with E-state index in [9.17, 15) is 9.90 Å². The van der Waals surface area contributed by atoms with Crippen molar-refractivity contribution in [2.75, 3.05) is 13.2 Å². The summed E-state index contributed by atoms with van der Waals surface area (Å²) >= 11 is 0. The van der Waals surface area contributed by atoms with Crippen LogP contribution in [0.2, 0.25) is 5.04 Å². The van der Waals surface area contributed by atoms with Crippen molar-refractivity contribution in [3.8, 4) is 0 Å². The molecule has 41 heavy (non-hydrogen) atoms. The van der Waals surface area contributed by atoms with Crippen LogP contribution >= 0.6 is 0 Å². The van der Waals surface area contributed by atoms with Crippen molar-refractivity contribution in [2.45, 2.75) is 102 Å². The molecule has 5 nitrogen and oxygen atoms in total. The second kappa shape index (κ2) is 13.4. The molecule has 1 saturated heterocycles. The Balaban J connectivity index is 1.53. The summed E-state index contributed by atoms with van der Waals surface area (Å²) in [5.74, 6) is 0.372. The molecule has 0 aromatic heterocycles. The van der Waals surface area contributed by atoms with Gasteiger partial charge in [0.25, 0.3) is 8.32 Å². The quantitative estimate of drug-likeness (QED) is 0.202. The first-order chi connectivity index (χ1) is 19.5. The van der Waals surface area contributed by atoms with Crippen LogP contribution in [-0.4, -0.2) is 50.3 Å². The maximum atomic E-state index is 12.1. The zero-order valence-corrected chi connectivity index (χ0v) is 26.8. The number of aliphatic hydroxyl groups excluding tert-OH is 1. The van der Waals surface area contributed by atoms with Crippen LogP contribution in [0.5, 0.6) is 0 Å². The Bertz CT molecular complexity index is 1110. The molecule has 4 rings (SSSR count). The van der Waals surface area contributed by atoms with Crippen LogP contribution in [0.4, 0.5) is 0 Å². The van der Waals surface area contributed by atoms with Gasteiger partial charge in [0.1, 0.15) is 0 Å². The summed E-state index contributed by atoms with van der Waals surface area (Å²) in [6, 6.07) is 21.9. The van der Waals surface area contributed by atoms with E-state index in [1.165, 1.54) is 23.2 Å². The third-order valence-electron chi connectivity index (χ3n) is 9.63. The van der Waals surface area contributed by atoms with Crippen LogP contribution in [0, 0.1) is 11.8 Å². The number of nitrogens with one attached hydrogen (secondary N) is 1. The molecule has 0 radical (unpaired) electrons. The minimum Gasteiger partial charge on any atom is -0.463 e. The standard InChI is InChI=1S/C35H51NO4Si/c1-7-39-33(38)27(3)32(37)24-28-16-14-22-35(36-28)23-15-21-31(35)26(2)25-40-41(34(4,5)6,29-17-10-8-11-18-29)30-19-12-9-13-20-30/h8-13,17-20,26,28,31-32,36-37H,3,7,14-16,21-25H2,1-2,4-6H3/t26-,28+,31+,32?,35+/m0/s1. The smallest absolute Gasteiger partial charge is 0.336 e. The number of carbonyl (C=O) groups excluding carboxylic acids is 1. The highest BCUT2D eigenvalue weighted by Gasteiger charge is 2.52. The minimum atomic E-state index is -2.60. The first kappa shape index (κ1) is 31.7. The van der Waals surface area contributed by atoms with E-state index in [1.54, 1.807) is 6.92 Å². The summed E-state index contributed by atoms with van der Waals surface area (Å²) in [4.78, 5) is 12.1. The molecular formula is C35H51NO4Si. The summed E-state index contributed by atoms with van der Waals surface area (Å²) < 4.78 is 12.4. The third-order valence-corrected chi connectivity index (χ3v) is 14.6. The van der Waals surface area contributed by atoms with Crippen molar-refractivity contribution in [2.24, 2.45) is 11.8 Å². The van der Waals surface area contributed by atoms with Gasteiger partial charge in [-0.15, -0.1) is 0 Å². The molecule has 2 N–H and O–H groups in total. The molecule has 2 aliphatic rings. The van der Waals surface area contributed by atoms with Gasteiger partial charge in [-0.25, -0.2) is 4.79 Å². The summed E-state index contributed by atoms with van der Waals surface area (Å²) in [6.45, 7) is 16.0. The van der Waals surface area contributed by atoms with E-state index in [4.69, 9.17) is 9.16 Å². The van der Waals surface area contributed by atoms with Gasteiger partial charge in [-0.05, 0) is 66.3 Å². The van der Waals surface area contributed by atoms with Gasteiger partial charge < -0.3 is 19.6 Å². The molecule has 0 bridgehead atoms. The first-order valence-corrected chi connectivity index (χ1v) is 17.5. The predicted molar refractivity (Wildman–Crippen MR) is 170 cm³/mol. The van der Waals surface area contributed by atoms with Crippen molar-refractivity contribution < 1.29 is 19.1 Å². The van der Waals surface area contributed by atoms with Gasteiger partial charge in [0, 0.05) is 18.2 Å². The number of piperidine rings is 1. The third kappa shape index (κ3) is 6.72. The van der Waals surface area contributed by atoms with Crippen LogP contribution in [0.15, 0.2) is 72.8 Å². The molecule has 2 fully saturated rings. The Morgan fingerprint density at radius 3 is 2.15 bits per heavy atom. The zero-order valence-electron chi connectivity index (χ0n) is 25.8. The lowest BCUT2D eigenvalue weighted by atomic mass is 9.72. The molecule has 1 heterocycles. The van der Waals surface area contributed by atoms with Crippen molar-refractivity contribution in [1.82, 2.24) is 5.32 Å². The number of aliphatic hydroxyl groups is 1. The van der Waals surface area contributed by atoms with Gasteiger partial charge >= 0.3 is 5.97 Å². The average Bonchev–Trinajstić information content (AvgIpc) is 3.35. The highest BCUT2D eigenvalue weighted by molar-refractivity contribution is 6.99. The number of ether oxygens (including phenoxy) is 1. The van der Waals surface area contributed by atoms with Crippen molar-refractivity contribution >= 4 is 24.7 Å². The molecular weight excluding hydrogens is 526 g/mol. The normalized spacial score (nSPS) is 24.6. The molecule has 2 aromatic rings. The van der Waals surface area contributed by atoms with E-state index in [0.29, 0.717) is 24.9 Å². The summed E-state index contributed by atoms with van der Waals surface area (Å²) in [7, 11) is -2.60. The van der Waals surface area contributed by atoms with E-state index >= 15 is 0 Å². The maximum absolute atomic E-state index is 12.1. The Hall–Kier alpha value is -2.25. The lowest BCUT2D eigenvalue weighted by molar-refractivity contribution is -0.139. The van der Waals surface area contributed by atoms with Crippen LogP contribution in [-0.2, 0) is 14.0 Å². The molecule has 1 spiro atoms. The van der Waals surface area contributed by atoms with Gasteiger partial charge in [-0.1, -0.05) is 108 Å². The van der Waals surface area contributed by atoms with Crippen LogP contribution in [0.25, 0.3) is 0 Å². The number of rotatable bonds is 11. The highest BCUT2D eigenvalue weighted by atomic mass is 28.4. The Kier molecular flexibility index (Phi) is 10.3. The monoisotopic (exact) mass is 577 g/mol. The number of esters is 1. The number of hydrogen-bond donors (Lipinski definition) is 2. The highest BCUT2D eigenvalue weighted by Crippen LogP contribution is 2.47. The summed E-state index contributed by atoms with van der Waals surface area (Å²) in [5.41, 5.74) is 0.200. The largest absolute Gasteiger partial charge is 0.463 e. The second-order valence-corrected chi connectivity index (χ2v) is 17.6. The molecule has 1 saturated carbocycles. The Morgan fingerprint density at radius 1 is 1.05 bits per heavy atom. The fourth-order valence-corrected chi connectivity index (χ4v) is 12.4. The molecule has 0 amide bonds. The van der Waals surface area contributed by atoms with Crippen molar-refractivity contribution in [1.29, 1.82) is 0 Å². The SMILES string of the molecule is C=C(C(=O)OCC)C(O)C[C@H]1CCC[C@]2(CCC[C@@H]2[C@@H](C)CO[Si](c2ccccc2)(c2ccccc2)C(C)(C)C)N1. The molecule has 1 unspecified atom stereocenters. The summed E-state index contributed by atoms with van der Waals surface area (Å²) in [6.07, 6.45) is 6.38. The maximum Gasteiger partial charge on any atom is 0.336 e. The molecule has 1 aliphatic carbocycles. The summed E-state index contributed by atoms with van der Waals surface area (Å²) in [5, 5.41) is 17.4. The van der Waals surface area contributed by atoms with Crippen LogP contribution in [0.3, 0.4) is 0 Å². The molecule has 224 valence electrons. The van der Waals surface area contributed by atoms with E-state index in [-0.39, 0.29) is 28.8 Å². The van der Waals surface area contributed by atoms with Crippen LogP contribution < -0.4 is 15.7 Å². The lowest BCUT2D eigenvalue weighted by Gasteiger charge is -2.48. The van der Waals surface area contributed by atoms with E-state index in [1.807, 2.05) is 0 Å². The Labute approximate surface area is 248 Å². The molecule has 5 atom stereocenters. The van der Waals surface area contributed by atoms with Gasteiger partial charge in [0.15, 0.2) is 0 Å². The van der Waals surface area contributed by atoms with Gasteiger partial charge in [-0.3, -0.25) is 0 Å². The van der Waals surface area contributed by atoms with Gasteiger partial charge in [0.2, 0.25) is 0 Å². The van der Waals surface area contributed by atoms with Crippen LogP contribution in [0.1, 0.15) is 79.6 Å². The second-order valence-electron chi connectivity index (χ2n) is 13.3. The number of hydrogen-bond acceptors (Lipinski definition) is 5. The van der Waals surface area contributed by atoms with Crippen molar-refractivity contribution in [3.63, 3.8) is 0 Å². The van der Waals surface area contributed by atoms with Crippen molar-refractivity contribution in [3.05, 3.63) is 72.8 Å². The Morgan fingerprint density at radius 2 is 1.61 bits per heavy atom. The van der Waals surface area contributed by atoms with E-state index in [0.717, 1.165) is 25.7 Å². The average molecular weight is 578 g/mol.